The maximum atomic E-state index is 10.0. The molecule has 0 amide bonds. The van der Waals surface area contributed by atoms with Gasteiger partial charge in [-0.3, -0.25) is 0 Å². The predicted molar refractivity (Wildman–Crippen MR) is 195 cm³/mol. The number of oxazole rings is 1. The standard InChI is InChI=1S/C19H24N8O.C15H31NO7/c1-21-8-4-5-9-27-18-15(17(26(2)3)22-11-23-18)16(25-27)12-6-7-14-13(10-12)24-19(20)28-14;16-2-5-19-7-9-21-11-13-23-15-14-22-12-10-20-8-6-18-4-1-3-17/h6-7,10-11,21H,4-5,8-9H2,1-3H3,(H2,20,24);3H,1-2,4-16H2. The van der Waals surface area contributed by atoms with Crippen LogP contribution in [0.1, 0.15) is 19.3 Å². The van der Waals surface area contributed by atoms with E-state index in [1.807, 2.05) is 48.9 Å². The van der Waals surface area contributed by atoms with Crippen LogP contribution in [-0.2, 0) is 39.8 Å². The molecule has 284 valence electrons. The summed E-state index contributed by atoms with van der Waals surface area (Å²) in [5, 5.41) is 9.00. The van der Waals surface area contributed by atoms with Gasteiger partial charge in [0.05, 0.1) is 84.7 Å². The van der Waals surface area contributed by atoms with Crippen LogP contribution in [0.5, 0.6) is 0 Å². The van der Waals surface area contributed by atoms with Crippen molar-refractivity contribution >= 4 is 40.3 Å². The molecule has 3 aromatic heterocycles. The zero-order chi connectivity index (χ0) is 36.5. The first kappa shape index (κ1) is 41.6. The molecule has 5 N–H and O–H groups in total. The van der Waals surface area contributed by atoms with E-state index in [9.17, 15) is 4.79 Å². The van der Waals surface area contributed by atoms with Crippen molar-refractivity contribution in [3.05, 3.63) is 24.5 Å². The molecule has 17 heteroatoms. The lowest BCUT2D eigenvalue weighted by Gasteiger charge is -2.12. The van der Waals surface area contributed by atoms with Gasteiger partial charge in [0.15, 0.2) is 11.2 Å². The van der Waals surface area contributed by atoms with Crippen LogP contribution in [0.2, 0.25) is 0 Å². The lowest BCUT2D eigenvalue weighted by Crippen LogP contribution is -2.15. The van der Waals surface area contributed by atoms with E-state index in [1.165, 1.54) is 0 Å². The van der Waals surface area contributed by atoms with E-state index in [0.29, 0.717) is 103 Å². The maximum absolute atomic E-state index is 10.0. The van der Waals surface area contributed by atoms with Gasteiger partial charge in [-0.2, -0.15) is 10.1 Å². The second-order valence-electron chi connectivity index (χ2n) is 11.3. The van der Waals surface area contributed by atoms with Crippen LogP contribution in [0.15, 0.2) is 28.9 Å². The summed E-state index contributed by atoms with van der Waals surface area (Å²) in [6, 6.07) is 5.93. The molecule has 0 aliphatic heterocycles. The van der Waals surface area contributed by atoms with Crippen molar-refractivity contribution in [1.29, 1.82) is 0 Å². The Bertz CT molecular complexity index is 1520. The number of hydrogen-bond acceptors (Lipinski definition) is 16. The fourth-order valence-electron chi connectivity index (χ4n) is 4.76. The Balaban J connectivity index is 0.000000283. The molecule has 17 nitrogen and oxygen atoms in total. The summed E-state index contributed by atoms with van der Waals surface area (Å²) in [6.07, 6.45) is 4.94. The van der Waals surface area contributed by atoms with Crippen molar-refractivity contribution < 1.29 is 37.6 Å². The van der Waals surface area contributed by atoms with E-state index in [2.05, 4.69) is 20.3 Å². The number of carbonyl (C=O) groups excluding carboxylic acids is 1. The number of aryl methyl sites for hydroxylation is 1. The molecule has 0 unspecified atom stereocenters. The number of nitrogens with zero attached hydrogens (tertiary/aromatic N) is 6. The third kappa shape index (κ3) is 15.1. The predicted octanol–water partition coefficient (Wildman–Crippen LogP) is 1.92. The summed E-state index contributed by atoms with van der Waals surface area (Å²) in [4.78, 5) is 25.3. The van der Waals surface area contributed by atoms with Crippen molar-refractivity contribution in [2.24, 2.45) is 5.73 Å². The van der Waals surface area contributed by atoms with Crippen LogP contribution in [0.3, 0.4) is 0 Å². The topological polar surface area (TPSA) is 209 Å². The van der Waals surface area contributed by atoms with Gasteiger partial charge < -0.3 is 59.3 Å². The van der Waals surface area contributed by atoms with Crippen molar-refractivity contribution in [2.45, 2.75) is 25.8 Å². The van der Waals surface area contributed by atoms with Crippen LogP contribution in [0.25, 0.3) is 33.4 Å². The van der Waals surface area contributed by atoms with Crippen LogP contribution >= 0.6 is 0 Å². The molecule has 3 heterocycles. The summed E-state index contributed by atoms with van der Waals surface area (Å²) in [7, 11) is 5.90. The molecule has 4 rings (SSSR count). The lowest BCUT2D eigenvalue weighted by atomic mass is 10.1. The minimum absolute atomic E-state index is 0.157. The molecule has 0 saturated carbocycles. The number of benzene rings is 1. The number of aromatic nitrogens is 5. The van der Waals surface area contributed by atoms with E-state index in [4.69, 9.17) is 49.4 Å². The van der Waals surface area contributed by atoms with Gasteiger partial charge in [0.2, 0.25) is 0 Å². The number of fused-ring (bicyclic) bond motifs is 2. The average Bonchev–Trinajstić information content (AvgIpc) is 3.70. The number of hydrogen-bond donors (Lipinski definition) is 3. The molecule has 1 aromatic carbocycles. The van der Waals surface area contributed by atoms with E-state index in [1.54, 1.807) is 6.33 Å². The SMILES string of the molecule is CNCCCCn1nc(-c2ccc3oc(N)nc3c2)c2c(N(C)C)ncnc21.NCCOCCOCCOCCOCCOCCOCCC=O. The Hall–Kier alpha value is -3.81. The molecule has 51 heavy (non-hydrogen) atoms. The smallest absolute Gasteiger partial charge is 0.292 e. The minimum atomic E-state index is 0.157. The number of ether oxygens (including phenoxy) is 6. The van der Waals surface area contributed by atoms with Gasteiger partial charge in [-0.1, -0.05) is 0 Å². The zero-order valence-electron chi connectivity index (χ0n) is 30.2. The number of anilines is 2. The third-order valence-electron chi connectivity index (χ3n) is 7.16. The number of carbonyl (C=O) groups is 1. The zero-order valence-corrected chi connectivity index (χ0v) is 30.2. The van der Waals surface area contributed by atoms with Gasteiger partial charge in [0, 0.05) is 39.2 Å². The van der Waals surface area contributed by atoms with Crippen molar-refractivity contribution in [2.75, 3.05) is 124 Å². The molecule has 0 aliphatic rings. The van der Waals surface area contributed by atoms with E-state index in [-0.39, 0.29) is 6.01 Å². The Morgan fingerprint density at radius 1 is 0.863 bits per heavy atom. The Kier molecular flexibility index (Phi) is 20.6. The number of aldehydes is 1. The molecule has 4 aromatic rings. The molecule has 0 atom stereocenters. The number of nitrogens with two attached hydrogens (primary N) is 2. The fourth-order valence-corrected chi connectivity index (χ4v) is 4.76. The van der Waals surface area contributed by atoms with Gasteiger partial charge in [-0.05, 0) is 44.6 Å². The highest BCUT2D eigenvalue weighted by Crippen LogP contribution is 2.34. The Morgan fingerprint density at radius 3 is 2.04 bits per heavy atom. The van der Waals surface area contributed by atoms with Crippen LogP contribution in [0.4, 0.5) is 11.8 Å². The Morgan fingerprint density at radius 2 is 1.47 bits per heavy atom. The highest BCUT2D eigenvalue weighted by Gasteiger charge is 2.20. The molecular formula is C34H55N9O8. The van der Waals surface area contributed by atoms with Gasteiger partial charge in [0.25, 0.3) is 6.01 Å². The number of nitrogens with one attached hydrogen (secondary N) is 1. The fraction of sp³-hybridized carbons (Fsp3) is 0.618. The number of unbranched alkanes of at least 4 members (excludes halogenated alkanes) is 1. The van der Waals surface area contributed by atoms with Crippen LogP contribution < -0.4 is 21.7 Å². The second kappa shape index (κ2) is 25.2. The van der Waals surface area contributed by atoms with Crippen molar-refractivity contribution in [3.8, 4) is 11.3 Å². The average molecular weight is 718 g/mol. The van der Waals surface area contributed by atoms with Gasteiger partial charge in [-0.25, -0.2) is 14.6 Å². The lowest BCUT2D eigenvalue weighted by molar-refractivity contribution is -0.109. The summed E-state index contributed by atoms with van der Waals surface area (Å²) in [5.74, 6) is 0.834. The number of nitrogen functional groups attached to an aromatic ring is 1. The van der Waals surface area contributed by atoms with E-state index >= 15 is 0 Å². The number of rotatable bonds is 27. The van der Waals surface area contributed by atoms with Gasteiger partial charge >= 0.3 is 0 Å². The van der Waals surface area contributed by atoms with E-state index in [0.717, 1.165) is 60.3 Å². The van der Waals surface area contributed by atoms with Crippen LogP contribution in [0, 0.1) is 0 Å². The summed E-state index contributed by atoms with van der Waals surface area (Å²) in [5.41, 5.74) is 14.9. The monoisotopic (exact) mass is 717 g/mol. The summed E-state index contributed by atoms with van der Waals surface area (Å²) < 4.78 is 39.0. The molecular weight excluding hydrogens is 662 g/mol. The van der Waals surface area contributed by atoms with E-state index < -0.39 is 0 Å². The first-order chi connectivity index (χ1) is 25.0. The van der Waals surface area contributed by atoms with Crippen LogP contribution in [-0.4, -0.2) is 145 Å². The highest BCUT2D eigenvalue weighted by molar-refractivity contribution is 6.00. The largest absolute Gasteiger partial charge is 0.424 e. The van der Waals surface area contributed by atoms with Crippen molar-refractivity contribution in [3.63, 3.8) is 0 Å². The summed E-state index contributed by atoms with van der Waals surface area (Å²) in [6.45, 7) is 8.60. The molecule has 0 aliphatic carbocycles. The first-order valence-electron chi connectivity index (χ1n) is 17.3. The normalized spacial score (nSPS) is 11.3. The second-order valence-corrected chi connectivity index (χ2v) is 11.3. The Labute approximate surface area is 299 Å². The summed E-state index contributed by atoms with van der Waals surface area (Å²) >= 11 is 0. The molecule has 0 radical (unpaired) electrons. The first-order valence-corrected chi connectivity index (χ1v) is 17.3. The van der Waals surface area contributed by atoms with Crippen molar-refractivity contribution in [1.82, 2.24) is 30.0 Å². The molecule has 0 saturated heterocycles. The quantitative estimate of drug-likeness (QED) is 0.0594. The van der Waals surface area contributed by atoms with Gasteiger partial charge in [0.1, 0.15) is 29.6 Å². The molecule has 0 fully saturated rings. The molecule has 0 bridgehead atoms. The highest BCUT2D eigenvalue weighted by atomic mass is 16.6. The van der Waals surface area contributed by atoms with Gasteiger partial charge in [-0.15, -0.1) is 0 Å². The maximum Gasteiger partial charge on any atom is 0.292 e. The molecule has 0 spiro atoms. The third-order valence-corrected chi connectivity index (χ3v) is 7.16. The minimum Gasteiger partial charge on any atom is -0.424 e.